The molecule has 4 atom stereocenters. The number of likely N-dealkylation sites (N-methyl/N-ethyl adjacent to an activating group) is 1. The maximum absolute atomic E-state index is 16.6. The van der Waals surface area contributed by atoms with Gasteiger partial charge in [-0.25, -0.2) is 13.2 Å². The van der Waals surface area contributed by atoms with Gasteiger partial charge in [0.2, 0.25) is 5.91 Å². The number of ether oxygens (including phenoxy) is 1. The van der Waals surface area contributed by atoms with Gasteiger partial charge in [0.1, 0.15) is 29.9 Å². The van der Waals surface area contributed by atoms with Crippen molar-refractivity contribution in [1.29, 1.82) is 0 Å². The van der Waals surface area contributed by atoms with Crippen molar-refractivity contribution in [3.05, 3.63) is 71.8 Å². The summed E-state index contributed by atoms with van der Waals surface area (Å²) in [5.74, 6) is -0.822. The highest BCUT2D eigenvalue weighted by Crippen LogP contribution is 2.42. The minimum Gasteiger partial charge on any atom is -0.462 e. The standard InChI is InChI=1S/C32H29ClF3N5O2/c1-3-26(42)40-12-11-24-25(40)15-41(24)31-22-9-8-21(20-6-4-5-17-7-10-23(35)28(33)27(17)20)29(36)30(22)37-32(38-31)43-16-19-13-18(34)14-39(19)2/h3-10,18-19,24-25H,1,11-16H2,2H3/t18-,19+,24?,25-/m1/s1. The zero-order chi connectivity index (χ0) is 30.0. The van der Waals surface area contributed by atoms with Crippen molar-refractivity contribution in [3.8, 4) is 17.1 Å². The maximum Gasteiger partial charge on any atom is 0.319 e. The van der Waals surface area contributed by atoms with Gasteiger partial charge in [-0.2, -0.15) is 9.97 Å². The predicted octanol–water partition coefficient (Wildman–Crippen LogP) is 5.78. The summed E-state index contributed by atoms with van der Waals surface area (Å²) in [6, 6.07) is 11.4. The van der Waals surface area contributed by atoms with Crippen molar-refractivity contribution in [2.24, 2.45) is 0 Å². The highest BCUT2D eigenvalue weighted by molar-refractivity contribution is 6.37. The molecule has 3 aliphatic heterocycles. The molecule has 1 unspecified atom stereocenters. The van der Waals surface area contributed by atoms with Crippen LogP contribution in [-0.2, 0) is 4.79 Å². The molecular weight excluding hydrogens is 579 g/mol. The minimum atomic E-state index is -0.939. The molecule has 4 heterocycles. The van der Waals surface area contributed by atoms with Crippen LogP contribution in [0.4, 0.5) is 19.0 Å². The number of likely N-dealkylation sites (tertiary alicyclic amines) is 2. The molecule has 11 heteroatoms. The predicted molar refractivity (Wildman–Crippen MR) is 160 cm³/mol. The lowest BCUT2D eigenvalue weighted by Gasteiger charge is -2.47. The summed E-state index contributed by atoms with van der Waals surface area (Å²) in [6.07, 6.45) is 1.45. The summed E-state index contributed by atoms with van der Waals surface area (Å²) in [5, 5.41) is 1.48. The number of aromatic nitrogens is 2. The number of carbonyl (C=O) groups is 1. The fourth-order valence-electron chi connectivity index (χ4n) is 6.78. The number of fused-ring (bicyclic) bond motifs is 3. The summed E-state index contributed by atoms with van der Waals surface area (Å²) in [7, 11) is 1.83. The number of anilines is 1. The molecule has 0 aliphatic carbocycles. The van der Waals surface area contributed by atoms with E-state index in [0.717, 1.165) is 6.42 Å². The third-order valence-electron chi connectivity index (χ3n) is 9.06. The second-order valence-corrected chi connectivity index (χ2v) is 11.8. The van der Waals surface area contributed by atoms with Gasteiger partial charge in [0.05, 0.1) is 17.1 Å². The van der Waals surface area contributed by atoms with Crippen molar-refractivity contribution in [2.45, 2.75) is 37.1 Å². The first-order valence-electron chi connectivity index (χ1n) is 14.3. The van der Waals surface area contributed by atoms with Crippen LogP contribution in [0, 0.1) is 11.6 Å². The molecular formula is C32H29ClF3N5O2. The van der Waals surface area contributed by atoms with E-state index in [-0.39, 0.29) is 52.8 Å². The van der Waals surface area contributed by atoms with Crippen LogP contribution in [-0.4, -0.2) is 83.3 Å². The lowest BCUT2D eigenvalue weighted by molar-refractivity contribution is -0.127. The van der Waals surface area contributed by atoms with Crippen molar-refractivity contribution in [3.63, 3.8) is 0 Å². The molecule has 3 saturated heterocycles. The zero-order valence-corrected chi connectivity index (χ0v) is 24.2. The molecule has 3 aliphatic rings. The minimum absolute atomic E-state index is 0.00495. The van der Waals surface area contributed by atoms with E-state index in [1.165, 1.54) is 12.1 Å². The molecule has 3 fully saturated rings. The van der Waals surface area contributed by atoms with Crippen LogP contribution in [0.2, 0.25) is 5.02 Å². The molecule has 222 valence electrons. The van der Waals surface area contributed by atoms with Crippen molar-refractivity contribution in [2.75, 3.05) is 38.2 Å². The van der Waals surface area contributed by atoms with Gasteiger partial charge in [0.25, 0.3) is 0 Å². The Kier molecular flexibility index (Phi) is 6.93. The van der Waals surface area contributed by atoms with Crippen LogP contribution >= 0.6 is 11.6 Å². The average molecular weight is 608 g/mol. The van der Waals surface area contributed by atoms with E-state index in [1.54, 1.807) is 41.3 Å². The molecule has 7 rings (SSSR count). The molecule has 1 amide bonds. The van der Waals surface area contributed by atoms with Crippen LogP contribution in [0.1, 0.15) is 12.8 Å². The Bertz CT molecular complexity index is 1790. The van der Waals surface area contributed by atoms with Gasteiger partial charge in [-0.1, -0.05) is 48.5 Å². The quantitative estimate of drug-likeness (QED) is 0.259. The van der Waals surface area contributed by atoms with Gasteiger partial charge >= 0.3 is 6.01 Å². The third kappa shape index (κ3) is 4.58. The SMILES string of the molecule is C=CC(=O)N1CCC2[C@H]1CN2c1nc(OC[C@@H]2C[C@@H](F)CN2C)nc2c(F)c(-c3cccc4ccc(F)c(Cl)c34)ccc12. The number of nitrogens with zero attached hydrogens (tertiary/aromatic N) is 5. The van der Waals surface area contributed by atoms with E-state index in [9.17, 15) is 13.6 Å². The summed E-state index contributed by atoms with van der Waals surface area (Å²) in [5.41, 5.74) is 0.691. The van der Waals surface area contributed by atoms with Crippen LogP contribution in [0.15, 0.2) is 55.1 Å². The number of rotatable bonds is 6. The Morgan fingerprint density at radius 1 is 1.12 bits per heavy atom. The first-order valence-corrected chi connectivity index (χ1v) is 14.7. The number of benzene rings is 3. The van der Waals surface area contributed by atoms with Gasteiger partial charge in [0.15, 0.2) is 5.82 Å². The highest BCUT2D eigenvalue weighted by Gasteiger charge is 2.49. The topological polar surface area (TPSA) is 61.8 Å². The summed E-state index contributed by atoms with van der Waals surface area (Å²) in [4.78, 5) is 27.3. The van der Waals surface area contributed by atoms with Gasteiger partial charge in [-0.3, -0.25) is 9.69 Å². The van der Waals surface area contributed by atoms with Crippen LogP contribution in [0.3, 0.4) is 0 Å². The number of halogens is 4. The Labute approximate surface area is 251 Å². The molecule has 43 heavy (non-hydrogen) atoms. The van der Waals surface area contributed by atoms with Crippen molar-refractivity contribution < 1.29 is 22.7 Å². The number of carbonyl (C=O) groups excluding carboxylic acids is 1. The van der Waals surface area contributed by atoms with Gasteiger partial charge in [-0.15, -0.1) is 0 Å². The Hall–Kier alpha value is -3.89. The average Bonchev–Trinajstić information content (AvgIpc) is 3.50. The van der Waals surface area contributed by atoms with Gasteiger partial charge < -0.3 is 14.5 Å². The van der Waals surface area contributed by atoms with E-state index < -0.39 is 17.8 Å². The van der Waals surface area contributed by atoms with Crippen LogP contribution < -0.4 is 9.64 Å². The molecule has 4 aromatic rings. The number of hydrogen-bond acceptors (Lipinski definition) is 6. The van der Waals surface area contributed by atoms with E-state index in [1.807, 2.05) is 11.9 Å². The smallest absolute Gasteiger partial charge is 0.319 e. The largest absolute Gasteiger partial charge is 0.462 e. The number of hydrogen-bond donors (Lipinski definition) is 0. The lowest BCUT2D eigenvalue weighted by atomic mass is 9.94. The van der Waals surface area contributed by atoms with E-state index in [0.29, 0.717) is 53.6 Å². The van der Waals surface area contributed by atoms with E-state index >= 15 is 4.39 Å². The first-order chi connectivity index (χ1) is 20.7. The Morgan fingerprint density at radius 3 is 2.72 bits per heavy atom. The summed E-state index contributed by atoms with van der Waals surface area (Å²) < 4.78 is 51.0. The zero-order valence-electron chi connectivity index (χ0n) is 23.4. The fraction of sp³-hybridized carbons (Fsp3) is 0.344. The van der Waals surface area contributed by atoms with Crippen LogP contribution in [0.25, 0.3) is 32.8 Å². The second-order valence-electron chi connectivity index (χ2n) is 11.5. The molecule has 7 nitrogen and oxygen atoms in total. The molecule has 1 aromatic heterocycles. The van der Waals surface area contributed by atoms with Crippen LogP contribution in [0.5, 0.6) is 6.01 Å². The normalized spacial score (nSPS) is 23.6. The van der Waals surface area contributed by atoms with Gasteiger partial charge in [-0.05, 0) is 49.0 Å². The molecule has 0 bridgehead atoms. The Morgan fingerprint density at radius 2 is 1.95 bits per heavy atom. The van der Waals surface area contributed by atoms with Crippen molar-refractivity contribution >= 4 is 45.0 Å². The second kappa shape index (κ2) is 10.7. The number of alkyl halides is 1. The maximum atomic E-state index is 16.6. The molecule has 0 N–H and O–H groups in total. The van der Waals surface area contributed by atoms with E-state index in [4.69, 9.17) is 21.3 Å². The first kappa shape index (κ1) is 27.9. The fourth-order valence-corrected chi connectivity index (χ4v) is 7.06. The monoisotopic (exact) mass is 607 g/mol. The van der Waals surface area contributed by atoms with Gasteiger partial charge in [0, 0.05) is 42.0 Å². The molecule has 0 radical (unpaired) electrons. The van der Waals surface area contributed by atoms with Crippen molar-refractivity contribution in [1.82, 2.24) is 19.8 Å². The summed E-state index contributed by atoms with van der Waals surface area (Å²) in [6.45, 7) is 5.20. The number of amides is 1. The summed E-state index contributed by atoms with van der Waals surface area (Å²) >= 11 is 6.38. The molecule has 0 saturated carbocycles. The molecule has 3 aromatic carbocycles. The van der Waals surface area contributed by atoms with E-state index in [2.05, 4.69) is 16.5 Å². The third-order valence-corrected chi connectivity index (χ3v) is 9.43. The molecule has 0 spiro atoms. The highest BCUT2D eigenvalue weighted by atomic mass is 35.5. The Balaban J connectivity index is 1.32. The lowest BCUT2D eigenvalue weighted by Crippen LogP contribution is -2.63.